The van der Waals surface area contributed by atoms with Crippen LogP contribution in [0.3, 0.4) is 0 Å². The van der Waals surface area contributed by atoms with E-state index in [1.165, 1.54) is 0 Å². The maximum Gasteiger partial charge on any atom is 0.286 e. The number of carbonyl (C=O) groups excluding carboxylic acids is 4. The van der Waals surface area contributed by atoms with Gasteiger partial charge >= 0.3 is 0 Å². The lowest BCUT2D eigenvalue weighted by molar-refractivity contribution is -0.133. The van der Waals surface area contributed by atoms with Crippen LogP contribution in [0.5, 0.6) is 5.75 Å². The summed E-state index contributed by atoms with van der Waals surface area (Å²) in [6.45, 7) is 7.53. The molecule has 1 unspecified atom stereocenters. The minimum absolute atomic E-state index is 0. The third-order valence-corrected chi connectivity index (χ3v) is 7.99. The van der Waals surface area contributed by atoms with E-state index in [0.29, 0.717) is 50.7 Å². The van der Waals surface area contributed by atoms with Crippen molar-refractivity contribution in [2.24, 2.45) is 0 Å². The zero-order chi connectivity index (χ0) is 27.5. The van der Waals surface area contributed by atoms with Crippen molar-refractivity contribution in [1.29, 1.82) is 0 Å². The maximum atomic E-state index is 13.2. The Hall–Kier alpha value is -3.70. The average Bonchev–Trinajstić information content (AvgIpc) is 3.48. The van der Waals surface area contributed by atoms with Gasteiger partial charge in [-0.25, -0.2) is 0 Å². The smallest absolute Gasteiger partial charge is 0.286 e. The molecule has 2 aliphatic heterocycles. The molecule has 0 saturated carbocycles. The second-order valence-electron chi connectivity index (χ2n) is 9.35. The van der Waals surface area contributed by atoms with Gasteiger partial charge in [-0.1, -0.05) is 17.8 Å². The van der Waals surface area contributed by atoms with Crippen LogP contribution in [0.15, 0.2) is 48.5 Å². The molecule has 2 aliphatic rings. The highest BCUT2D eigenvalue weighted by Crippen LogP contribution is 2.30. The topological polar surface area (TPSA) is 113 Å². The number of imide groups is 1. The van der Waals surface area contributed by atoms with Gasteiger partial charge in [-0.2, -0.15) is 0 Å². The molecule has 2 fully saturated rings. The summed E-state index contributed by atoms with van der Waals surface area (Å²) in [4.78, 5) is 52.9. The number of rotatable bonds is 8. The van der Waals surface area contributed by atoms with Crippen molar-refractivity contribution >= 4 is 69.4 Å². The molecule has 0 aliphatic carbocycles. The van der Waals surface area contributed by atoms with Crippen LogP contribution in [0, 0.1) is 0 Å². The molecule has 3 aromatic rings. The Morgan fingerprint density at radius 1 is 1.05 bits per heavy atom. The molecule has 2 N–H and O–H groups in total. The highest BCUT2D eigenvalue weighted by atomic mass is 35.5. The van der Waals surface area contributed by atoms with Gasteiger partial charge in [0.25, 0.3) is 11.1 Å². The monoisotopic (exact) mass is 585 g/mol. The molecule has 40 heavy (non-hydrogen) atoms. The van der Waals surface area contributed by atoms with Crippen molar-refractivity contribution in [1.82, 2.24) is 14.8 Å². The molecule has 212 valence electrons. The first-order valence-electron chi connectivity index (χ1n) is 13.1. The van der Waals surface area contributed by atoms with E-state index in [1.54, 1.807) is 4.90 Å². The number of carbonyl (C=O) groups is 4. The standard InChI is InChI=1S/C28H31N5O5S.ClH/c1-3-33-21-6-5-7-23(38-4-2)20(21)16-22(33)26(35)29-18-8-10-19(11-9-18)31-12-14-32(15-13-31)25(34)17-24-27(36)30-28(37)39-24;/h5-11,16,24H,3-4,12-15,17H2,1-2H3,(H,29,35)(H,30,36,37);1H. The zero-order valence-electron chi connectivity index (χ0n) is 22.3. The van der Waals surface area contributed by atoms with Crippen LogP contribution in [-0.2, 0) is 16.1 Å². The number of aryl methyl sites for hydroxylation is 1. The third-order valence-electron chi connectivity index (χ3n) is 7.00. The Morgan fingerprint density at radius 2 is 1.77 bits per heavy atom. The van der Waals surface area contributed by atoms with E-state index in [-0.39, 0.29) is 30.6 Å². The fourth-order valence-corrected chi connectivity index (χ4v) is 5.86. The number of hydrogen-bond donors (Lipinski definition) is 2. The van der Waals surface area contributed by atoms with E-state index in [1.807, 2.05) is 66.9 Å². The van der Waals surface area contributed by atoms with Crippen LogP contribution < -0.4 is 20.3 Å². The number of hydrogen-bond acceptors (Lipinski definition) is 7. The van der Waals surface area contributed by atoms with Crippen LogP contribution in [0.25, 0.3) is 10.9 Å². The van der Waals surface area contributed by atoms with E-state index in [9.17, 15) is 19.2 Å². The van der Waals surface area contributed by atoms with Gasteiger partial charge in [-0.3, -0.25) is 24.5 Å². The van der Waals surface area contributed by atoms with E-state index in [0.717, 1.165) is 34.1 Å². The molecular formula is C28H32ClN5O5S. The van der Waals surface area contributed by atoms with Gasteiger partial charge in [0.1, 0.15) is 16.7 Å². The number of halogens is 1. The van der Waals surface area contributed by atoms with Crippen LogP contribution in [0.1, 0.15) is 30.8 Å². The van der Waals surface area contributed by atoms with E-state index < -0.39 is 16.4 Å². The van der Waals surface area contributed by atoms with Crippen LogP contribution >= 0.6 is 24.2 Å². The minimum Gasteiger partial charge on any atom is -0.493 e. The number of anilines is 2. The molecule has 1 atom stereocenters. The molecule has 10 nitrogen and oxygen atoms in total. The normalized spacial score (nSPS) is 17.0. The molecule has 2 saturated heterocycles. The number of amides is 4. The van der Waals surface area contributed by atoms with Crippen LogP contribution in [0.4, 0.5) is 16.2 Å². The van der Waals surface area contributed by atoms with Crippen molar-refractivity contribution in [3.05, 3.63) is 54.2 Å². The highest BCUT2D eigenvalue weighted by molar-refractivity contribution is 8.15. The molecule has 12 heteroatoms. The summed E-state index contributed by atoms with van der Waals surface area (Å²) in [5, 5.41) is 5.10. The Labute approximate surface area is 242 Å². The highest BCUT2D eigenvalue weighted by Gasteiger charge is 2.35. The summed E-state index contributed by atoms with van der Waals surface area (Å²) in [5.41, 5.74) is 3.22. The molecule has 5 rings (SSSR count). The Kier molecular flexibility index (Phi) is 9.26. The van der Waals surface area contributed by atoms with Crippen molar-refractivity contribution < 1.29 is 23.9 Å². The lowest BCUT2D eigenvalue weighted by atomic mass is 10.2. The quantitative estimate of drug-likeness (QED) is 0.409. The Morgan fingerprint density at radius 3 is 2.40 bits per heavy atom. The number of piperazine rings is 1. The fraction of sp³-hybridized carbons (Fsp3) is 0.357. The maximum absolute atomic E-state index is 13.2. The van der Waals surface area contributed by atoms with Gasteiger partial charge in [0, 0.05) is 55.9 Å². The molecule has 1 aromatic heterocycles. The number of fused-ring (bicyclic) bond motifs is 1. The summed E-state index contributed by atoms with van der Waals surface area (Å²) >= 11 is 0.878. The Balaban J connectivity index is 0.00000370. The molecule has 0 spiro atoms. The summed E-state index contributed by atoms with van der Waals surface area (Å²) in [6.07, 6.45) is 0.0283. The van der Waals surface area contributed by atoms with Crippen molar-refractivity contribution in [2.45, 2.75) is 32.1 Å². The van der Waals surface area contributed by atoms with Gasteiger partial charge in [-0.05, 0) is 56.3 Å². The zero-order valence-corrected chi connectivity index (χ0v) is 24.0. The van der Waals surface area contributed by atoms with Crippen molar-refractivity contribution in [2.75, 3.05) is 43.0 Å². The van der Waals surface area contributed by atoms with Crippen LogP contribution in [-0.4, -0.2) is 70.5 Å². The van der Waals surface area contributed by atoms with E-state index >= 15 is 0 Å². The van der Waals surface area contributed by atoms with Crippen LogP contribution in [0.2, 0.25) is 0 Å². The van der Waals surface area contributed by atoms with Gasteiger partial charge in [0.15, 0.2) is 0 Å². The second-order valence-corrected chi connectivity index (χ2v) is 10.5. The predicted molar refractivity (Wildman–Crippen MR) is 159 cm³/mol. The molecular weight excluding hydrogens is 554 g/mol. The third kappa shape index (κ3) is 6.05. The molecule has 0 radical (unpaired) electrons. The molecule has 0 bridgehead atoms. The minimum atomic E-state index is -0.643. The summed E-state index contributed by atoms with van der Waals surface area (Å²) in [7, 11) is 0. The number of nitrogens with one attached hydrogen (secondary N) is 2. The summed E-state index contributed by atoms with van der Waals surface area (Å²) in [6, 6.07) is 15.4. The first-order valence-corrected chi connectivity index (χ1v) is 14.0. The van der Waals surface area contributed by atoms with Crippen molar-refractivity contribution in [3.8, 4) is 5.75 Å². The largest absolute Gasteiger partial charge is 0.493 e. The first kappa shape index (κ1) is 29.3. The van der Waals surface area contributed by atoms with Gasteiger partial charge in [-0.15, -0.1) is 12.4 Å². The second kappa shape index (κ2) is 12.6. The number of benzene rings is 2. The lowest BCUT2D eigenvalue weighted by Crippen LogP contribution is -2.49. The fourth-order valence-electron chi connectivity index (χ4n) is 5.05. The van der Waals surface area contributed by atoms with E-state index in [4.69, 9.17) is 4.74 Å². The van der Waals surface area contributed by atoms with E-state index in [2.05, 4.69) is 15.5 Å². The SMILES string of the molecule is CCOc1cccc2c1cc(C(=O)Nc1ccc(N3CCN(C(=O)CC4SC(=O)NC4=O)CC3)cc1)n2CC.Cl. The first-order chi connectivity index (χ1) is 18.9. The lowest BCUT2D eigenvalue weighted by Gasteiger charge is -2.36. The number of thioether (sulfide) groups is 1. The van der Waals surface area contributed by atoms with Gasteiger partial charge in [0.2, 0.25) is 11.8 Å². The summed E-state index contributed by atoms with van der Waals surface area (Å²) in [5.74, 6) is 0.0649. The summed E-state index contributed by atoms with van der Waals surface area (Å²) < 4.78 is 7.74. The van der Waals surface area contributed by atoms with Gasteiger partial charge < -0.3 is 24.4 Å². The molecule has 2 aromatic carbocycles. The number of ether oxygens (including phenoxy) is 1. The van der Waals surface area contributed by atoms with Gasteiger partial charge in [0.05, 0.1) is 12.1 Å². The predicted octanol–water partition coefficient (Wildman–Crippen LogP) is 4.12. The molecule has 3 heterocycles. The number of aromatic nitrogens is 1. The number of nitrogens with zero attached hydrogens (tertiary/aromatic N) is 3. The molecule has 4 amide bonds. The average molecular weight is 586 g/mol. The van der Waals surface area contributed by atoms with Crippen molar-refractivity contribution in [3.63, 3.8) is 0 Å². The Bertz CT molecular complexity index is 1420.